The maximum atomic E-state index is 11.9. The molecular weight excluding hydrogens is 258 g/mol. The number of likely N-dealkylation sites (tertiary alicyclic amines) is 1. The lowest BCUT2D eigenvalue weighted by Gasteiger charge is -2.21. The Morgan fingerprint density at radius 1 is 1.50 bits per heavy atom. The molecule has 1 atom stereocenters. The molecule has 1 fully saturated rings. The molecule has 1 unspecified atom stereocenters. The summed E-state index contributed by atoms with van der Waals surface area (Å²) in [7, 11) is 1.92. The molecule has 2 rings (SSSR count). The summed E-state index contributed by atoms with van der Waals surface area (Å²) in [6.45, 7) is 1.00. The molecule has 0 spiro atoms. The third-order valence-corrected chi connectivity index (χ3v) is 3.47. The lowest BCUT2D eigenvalue weighted by Crippen LogP contribution is -2.44. The van der Waals surface area contributed by atoms with Gasteiger partial charge in [-0.1, -0.05) is 0 Å². The molecule has 20 heavy (non-hydrogen) atoms. The summed E-state index contributed by atoms with van der Waals surface area (Å²) in [5.41, 5.74) is 1.02. The maximum absolute atomic E-state index is 11.9. The fraction of sp³-hybridized carbons (Fsp3) is 0.571. The average Bonchev–Trinajstić information content (AvgIpc) is 2.77. The van der Waals surface area contributed by atoms with Crippen LogP contribution in [0.15, 0.2) is 18.5 Å². The lowest BCUT2D eigenvalue weighted by molar-refractivity contribution is -0.142. The second kappa shape index (κ2) is 6.56. The van der Waals surface area contributed by atoms with Crippen LogP contribution in [0.2, 0.25) is 0 Å². The third kappa shape index (κ3) is 3.84. The molecule has 6 nitrogen and oxygen atoms in total. The highest BCUT2D eigenvalue weighted by Gasteiger charge is 2.26. The molecule has 1 saturated heterocycles. The van der Waals surface area contributed by atoms with Crippen molar-refractivity contribution in [3.8, 4) is 0 Å². The smallest absolute Gasteiger partial charge is 0.251 e. The number of carbonyl (C=O) groups excluding carboxylic acids is 2. The Hall–Kier alpha value is -1.82. The molecule has 0 bridgehead atoms. The van der Waals surface area contributed by atoms with Crippen molar-refractivity contribution < 1.29 is 14.7 Å². The van der Waals surface area contributed by atoms with Gasteiger partial charge in [0.25, 0.3) is 5.91 Å². The van der Waals surface area contributed by atoms with Crippen LogP contribution >= 0.6 is 0 Å². The summed E-state index contributed by atoms with van der Waals surface area (Å²) in [5.74, 6) is -0.534. The van der Waals surface area contributed by atoms with E-state index in [1.807, 2.05) is 30.1 Å². The number of nitrogens with one attached hydrogen (secondary N) is 1. The number of hydrogen-bond donors (Lipinski definition) is 2. The molecule has 1 aromatic rings. The van der Waals surface area contributed by atoms with Crippen LogP contribution in [0.4, 0.5) is 0 Å². The van der Waals surface area contributed by atoms with Crippen LogP contribution in [0.5, 0.6) is 0 Å². The van der Waals surface area contributed by atoms with Gasteiger partial charge in [-0.3, -0.25) is 9.59 Å². The number of aliphatic hydroxyl groups is 1. The fourth-order valence-corrected chi connectivity index (χ4v) is 2.34. The number of rotatable bonds is 4. The predicted octanol–water partition coefficient (Wildman–Crippen LogP) is 0.0147. The normalized spacial score (nSPS) is 19.8. The number of carbonyl (C=O) groups is 2. The topological polar surface area (TPSA) is 74.6 Å². The van der Waals surface area contributed by atoms with Crippen LogP contribution in [-0.4, -0.2) is 45.6 Å². The van der Waals surface area contributed by atoms with E-state index in [1.165, 1.54) is 4.90 Å². The fourth-order valence-electron chi connectivity index (χ4n) is 2.34. The highest BCUT2D eigenvalue weighted by Crippen LogP contribution is 2.11. The molecule has 0 radical (unpaired) electrons. The Morgan fingerprint density at radius 3 is 3.00 bits per heavy atom. The largest absolute Gasteiger partial charge is 0.383 e. The summed E-state index contributed by atoms with van der Waals surface area (Å²) >= 11 is 0. The van der Waals surface area contributed by atoms with Gasteiger partial charge >= 0.3 is 0 Å². The minimum absolute atomic E-state index is 0.0166. The lowest BCUT2D eigenvalue weighted by atomic mass is 10.2. The van der Waals surface area contributed by atoms with Crippen molar-refractivity contribution in [2.45, 2.75) is 31.9 Å². The van der Waals surface area contributed by atoms with Gasteiger partial charge in [-0.2, -0.15) is 0 Å². The molecule has 6 heteroatoms. The van der Waals surface area contributed by atoms with E-state index in [0.29, 0.717) is 19.5 Å². The zero-order chi connectivity index (χ0) is 14.5. The summed E-state index contributed by atoms with van der Waals surface area (Å²) in [6.07, 6.45) is 5.02. The van der Waals surface area contributed by atoms with Crippen molar-refractivity contribution in [3.05, 3.63) is 24.0 Å². The molecule has 2 heterocycles. The highest BCUT2D eigenvalue weighted by molar-refractivity contribution is 5.87. The summed E-state index contributed by atoms with van der Waals surface area (Å²) in [6, 6.07) is 1.93. The van der Waals surface area contributed by atoms with Gasteiger partial charge in [0.1, 0.15) is 6.10 Å². The number of aliphatic hydroxyl groups excluding tert-OH is 1. The number of aromatic nitrogens is 1. The van der Waals surface area contributed by atoms with Crippen LogP contribution in [0.1, 0.15) is 24.8 Å². The number of aryl methyl sites for hydroxylation is 1. The van der Waals surface area contributed by atoms with Crippen LogP contribution in [-0.2, 0) is 23.2 Å². The zero-order valence-electron chi connectivity index (χ0n) is 11.7. The van der Waals surface area contributed by atoms with Gasteiger partial charge in [0.2, 0.25) is 5.91 Å². The first-order chi connectivity index (χ1) is 9.56. The van der Waals surface area contributed by atoms with Gasteiger partial charge in [-0.05, 0) is 30.9 Å². The molecular formula is C14H21N3O3. The van der Waals surface area contributed by atoms with E-state index in [1.54, 1.807) is 0 Å². The second-order valence-corrected chi connectivity index (χ2v) is 5.23. The number of nitrogens with zero attached hydrogens (tertiary/aromatic N) is 2. The Kier molecular flexibility index (Phi) is 4.79. The van der Waals surface area contributed by atoms with E-state index in [-0.39, 0.29) is 18.4 Å². The molecule has 2 N–H and O–H groups in total. The minimum Gasteiger partial charge on any atom is -0.383 e. The summed E-state index contributed by atoms with van der Waals surface area (Å²) < 4.78 is 1.91. The Balaban J connectivity index is 1.82. The van der Waals surface area contributed by atoms with Crippen LogP contribution in [0.3, 0.4) is 0 Å². The van der Waals surface area contributed by atoms with Gasteiger partial charge in [0.05, 0.1) is 6.54 Å². The minimum atomic E-state index is -0.959. The first-order valence-corrected chi connectivity index (χ1v) is 6.90. The quantitative estimate of drug-likeness (QED) is 0.815. The van der Waals surface area contributed by atoms with Crippen LogP contribution in [0, 0.1) is 0 Å². The van der Waals surface area contributed by atoms with Crippen LogP contribution < -0.4 is 5.32 Å². The molecule has 1 aliphatic rings. The van der Waals surface area contributed by atoms with E-state index in [4.69, 9.17) is 0 Å². The molecule has 2 amide bonds. The van der Waals surface area contributed by atoms with Gasteiger partial charge in [-0.15, -0.1) is 0 Å². The van der Waals surface area contributed by atoms with Crippen LogP contribution in [0.25, 0.3) is 0 Å². The SMILES string of the molecule is Cn1ccc(CNC(=O)CN2CCCCC(O)C2=O)c1. The summed E-state index contributed by atoms with van der Waals surface area (Å²) in [4.78, 5) is 25.2. The van der Waals surface area contributed by atoms with Gasteiger partial charge < -0.3 is 19.9 Å². The van der Waals surface area contributed by atoms with E-state index in [2.05, 4.69) is 5.32 Å². The second-order valence-electron chi connectivity index (χ2n) is 5.23. The van der Waals surface area contributed by atoms with E-state index in [9.17, 15) is 14.7 Å². The van der Waals surface area contributed by atoms with E-state index >= 15 is 0 Å². The molecule has 0 saturated carbocycles. The molecule has 110 valence electrons. The Labute approximate surface area is 118 Å². The maximum Gasteiger partial charge on any atom is 0.251 e. The Bertz CT molecular complexity index is 484. The molecule has 0 aromatic carbocycles. The number of amides is 2. The summed E-state index contributed by atoms with van der Waals surface area (Å²) in [5, 5.41) is 12.4. The van der Waals surface area contributed by atoms with Crippen molar-refractivity contribution in [1.29, 1.82) is 0 Å². The highest BCUT2D eigenvalue weighted by atomic mass is 16.3. The van der Waals surface area contributed by atoms with Gasteiger partial charge in [0, 0.05) is 32.5 Å². The number of hydrogen-bond acceptors (Lipinski definition) is 3. The monoisotopic (exact) mass is 279 g/mol. The first kappa shape index (κ1) is 14.6. The zero-order valence-corrected chi connectivity index (χ0v) is 11.7. The molecule has 1 aromatic heterocycles. The van der Waals surface area contributed by atoms with Crippen molar-refractivity contribution in [2.24, 2.45) is 7.05 Å². The van der Waals surface area contributed by atoms with Crippen molar-refractivity contribution in [1.82, 2.24) is 14.8 Å². The predicted molar refractivity (Wildman–Crippen MR) is 73.7 cm³/mol. The van der Waals surface area contributed by atoms with Gasteiger partial charge in [0.15, 0.2) is 0 Å². The van der Waals surface area contributed by atoms with Crippen molar-refractivity contribution in [2.75, 3.05) is 13.1 Å². The van der Waals surface area contributed by atoms with E-state index in [0.717, 1.165) is 18.4 Å². The molecule has 0 aliphatic carbocycles. The van der Waals surface area contributed by atoms with Gasteiger partial charge in [-0.25, -0.2) is 0 Å². The third-order valence-electron chi connectivity index (χ3n) is 3.47. The van der Waals surface area contributed by atoms with Crippen molar-refractivity contribution in [3.63, 3.8) is 0 Å². The van der Waals surface area contributed by atoms with E-state index < -0.39 is 6.10 Å². The average molecular weight is 279 g/mol. The first-order valence-electron chi connectivity index (χ1n) is 6.90. The van der Waals surface area contributed by atoms with Crippen molar-refractivity contribution >= 4 is 11.8 Å². The molecule has 1 aliphatic heterocycles. The Morgan fingerprint density at radius 2 is 2.30 bits per heavy atom. The standard InChI is InChI=1S/C14H21N3O3/c1-16-7-5-11(9-16)8-15-13(19)10-17-6-3-2-4-12(18)14(17)20/h5,7,9,12,18H,2-4,6,8,10H2,1H3,(H,15,19).